The van der Waals surface area contributed by atoms with Crippen LogP contribution in [0.5, 0.6) is 0 Å². The largest absolute Gasteiger partial charge is 0.469 e. The van der Waals surface area contributed by atoms with E-state index in [0.29, 0.717) is 12.1 Å². The van der Waals surface area contributed by atoms with Crippen molar-refractivity contribution in [1.29, 1.82) is 0 Å². The fourth-order valence-electron chi connectivity index (χ4n) is 4.07. The Morgan fingerprint density at radius 3 is 2.34 bits per heavy atom. The molecule has 1 fully saturated rings. The Kier molecular flexibility index (Phi) is 10.9. The summed E-state index contributed by atoms with van der Waals surface area (Å²) in [6.45, 7) is 18.5. The third-order valence-corrected chi connectivity index (χ3v) is 6.20. The van der Waals surface area contributed by atoms with E-state index in [1.165, 1.54) is 7.11 Å². The summed E-state index contributed by atoms with van der Waals surface area (Å²) >= 11 is 0. The Balaban J connectivity index is 1.95. The van der Waals surface area contributed by atoms with Gasteiger partial charge in [-0.05, 0) is 46.9 Å². The molecule has 0 aliphatic carbocycles. The van der Waals surface area contributed by atoms with Crippen molar-refractivity contribution in [2.45, 2.75) is 41.0 Å². The van der Waals surface area contributed by atoms with E-state index in [-0.39, 0.29) is 18.2 Å². The van der Waals surface area contributed by atoms with Crippen LogP contribution in [-0.4, -0.2) is 79.4 Å². The first-order valence-electron chi connectivity index (χ1n) is 12.0. The molecule has 0 saturated carbocycles. The predicted octanol–water partition coefficient (Wildman–Crippen LogP) is 4.15. The van der Waals surface area contributed by atoms with Gasteiger partial charge in [0.05, 0.1) is 31.5 Å². The molecule has 0 spiro atoms. The average Bonchev–Trinajstić information content (AvgIpc) is 2.83. The molecule has 0 aromatic heterocycles. The number of hydrogen-bond donors (Lipinski definition) is 1. The number of methoxy groups -OCH3 is 1. The number of piperazine rings is 1. The van der Waals surface area contributed by atoms with Gasteiger partial charge in [0.2, 0.25) is 0 Å². The van der Waals surface area contributed by atoms with E-state index in [4.69, 9.17) is 9.73 Å². The number of Topliss-reactive ketones (excluding diaryl/α,β-unsaturated/α-hetero) is 1. The summed E-state index contributed by atoms with van der Waals surface area (Å²) in [5, 5.41) is 3.10. The lowest BCUT2D eigenvalue weighted by Gasteiger charge is -2.36. The van der Waals surface area contributed by atoms with Gasteiger partial charge < -0.3 is 15.0 Å². The van der Waals surface area contributed by atoms with Gasteiger partial charge in [0.25, 0.3) is 0 Å². The van der Waals surface area contributed by atoms with Crippen molar-refractivity contribution < 1.29 is 14.3 Å². The third-order valence-electron chi connectivity index (χ3n) is 6.20. The molecule has 35 heavy (non-hydrogen) atoms. The second-order valence-corrected chi connectivity index (χ2v) is 8.70. The van der Waals surface area contributed by atoms with Crippen LogP contribution in [0.4, 0.5) is 5.69 Å². The van der Waals surface area contributed by atoms with E-state index in [0.717, 1.165) is 66.8 Å². The molecule has 1 aliphatic rings. The summed E-state index contributed by atoms with van der Waals surface area (Å²) in [4.78, 5) is 37.6. The number of nitrogens with one attached hydrogen (secondary N) is 1. The van der Waals surface area contributed by atoms with Gasteiger partial charge in [0, 0.05) is 61.0 Å². The first-order chi connectivity index (χ1) is 16.7. The lowest BCUT2D eigenvalue weighted by molar-refractivity contribution is -0.139. The Labute approximate surface area is 209 Å². The lowest BCUT2D eigenvalue weighted by atomic mass is 10.0. The molecule has 8 heteroatoms. The maximum Gasteiger partial charge on any atom is 0.311 e. The van der Waals surface area contributed by atoms with Gasteiger partial charge in [0.1, 0.15) is 0 Å². The summed E-state index contributed by atoms with van der Waals surface area (Å²) in [6.07, 6.45) is 1.79. The van der Waals surface area contributed by atoms with Crippen LogP contribution in [0.2, 0.25) is 0 Å². The number of anilines is 1. The van der Waals surface area contributed by atoms with Crippen LogP contribution in [0.3, 0.4) is 0 Å². The zero-order valence-corrected chi connectivity index (χ0v) is 22.0. The lowest BCUT2D eigenvalue weighted by Crippen LogP contribution is -2.46. The summed E-state index contributed by atoms with van der Waals surface area (Å²) in [5.74, 6) is -0.270. The number of benzene rings is 1. The number of esters is 1. The Bertz CT molecular complexity index is 1020. The third kappa shape index (κ3) is 8.17. The van der Waals surface area contributed by atoms with Gasteiger partial charge in [-0.1, -0.05) is 18.7 Å². The predicted molar refractivity (Wildman–Crippen MR) is 143 cm³/mol. The van der Waals surface area contributed by atoms with E-state index in [1.54, 1.807) is 13.1 Å². The van der Waals surface area contributed by atoms with Crippen LogP contribution in [0, 0.1) is 0 Å². The molecule has 0 bridgehead atoms. The maximum absolute atomic E-state index is 12.0. The summed E-state index contributed by atoms with van der Waals surface area (Å²) < 4.78 is 4.71. The molecule has 0 amide bonds. The zero-order chi connectivity index (χ0) is 26.0. The molecule has 0 radical (unpaired) electrons. The highest BCUT2D eigenvalue weighted by Gasteiger charge is 2.18. The van der Waals surface area contributed by atoms with Crippen LogP contribution in [0.25, 0.3) is 0 Å². The number of ketones is 1. The highest BCUT2D eigenvalue weighted by Crippen LogP contribution is 2.23. The van der Waals surface area contributed by atoms with E-state index >= 15 is 0 Å². The molecule has 1 N–H and O–H groups in total. The Hall–Kier alpha value is -3.26. The van der Waals surface area contributed by atoms with Crippen LogP contribution in [0.15, 0.2) is 52.4 Å². The zero-order valence-electron chi connectivity index (χ0n) is 22.0. The van der Waals surface area contributed by atoms with Crippen LogP contribution in [0.1, 0.15) is 57.0 Å². The average molecular weight is 482 g/mol. The van der Waals surface area contributed by atoms with Crippen molar-refractivity contribution in [1.82, 2.24) is 9.80 Å². The first-order valence-corrected chi connectivity index (χ1v) is 12.0. The molecule has 1 aromatic carbocycles. The van der Waals surface area contributed by atoms with E-state index in [9.17, 15) is 9.59 Å². The number of ether oxygens (including phenoxy) is 1. The second kappa shape index (κ2) is 13.6. The minimum absolute atomic E-state index is 0.00534. The van der Waals surface area contributed by atoms with Crippen molar-refractivity contribution in [3.05, 3.63) is 53.5 Å². The monoisotopic (exact) mass is 481 g/mol. The number of carbonyl (C=O) groups excluding carboxylic acids is 2. The number of hydrogen-bond acceptors (Lipinski definition) is 8. The molecule has 190 valence electrons. The van der Waals surface area contributed by atoms with Crippen LogP contribution < -0.4 is 5.32 Å². The van der Waals surface area contributed by atoms with Gasteiger partial charge >= 0.3 is 5.97 Å². The minimum atomic E-state index is -0.275. The molecule has 0 atom stereocenters. The van der Waals surface area contributed by atoms with Gasteiger partial charge in [-0.25, -0.2) is 0 Å². The van der Waals surface area contributed by atoms with Crippen molar-refractivity contribution in [3.8, 4) is 0 Å². The molecule has 1 heterocycles. The van der Waals surface area contributed by atoms with Crippen molar-refractivity contribution in [2.75, 3.05) is 51.7 Å². The molecule has 1 aromatic rings. The number of rotatable bonds is 11. The number of para-hydroxylation sites is 1. The summed E-state index contributed by atoms with van der Waals surface area (Å²) in [7, 11) is 1.39. The molecule has 0 unspecified atom stereocenters. The van der Waals surface area contributed by atoms with E-state index in [1.807, 2.05) is 39.0 Å². The van der Waals surface area contributed by atoms with Gasteiger partial charge in [-0.2, -0.15) is 0 Å². The molecular weight excluding hydrogens is 442 g/mol. The molecule has 8 nitrogen and oxygen atoms in total. The van der Waals surface area contributed by atoms with Crippen molar-refractivity contribution in [3.63, 3.8) is 0 Å². The summed E-state index contributed by atoms with van der Waals surface area (Å²) in [6, 6.07) is 5.68. The van der Waals surface area contributed by atoms with Gasteiger partial charge in [-0.3, -0.25) is 24.5 Å². The van der Waals surface area contributed by atoms with Crippen LogP contribution >= 0.6 is 0 Å². The van der Waals surface area contributed by atoms with Crippen molar-refractivity contribution >= 4 is 28.9 Å². The maximum atomic E-state index is 12.0. The van der Waals surface area contributed by atoms with Crippen LogP contribution in [-0.2, 0) is 9.53 Å². The highest BCUT2D eigenvalue weighted by atomic mass is 16.5. The van der Waals surface area contributed by atoms with Crippen molar-refractivity contribution in [2.24, 2.45) is 9.98 Å². The smallest absolute Gasteiger partial charge is 0.311 e. The van der Waals surface area contributed by atoms with Gasteiger partial charge in [0.15, 0.2) is 5.78 Å². The normalized spacial score (nSPS) is 16.0. The van der Waals surface area contributed by atoms with Gasteiger partial charge in [-0.15, -0.1) is 0 Å². The molecular formula is C27H39N5O3. The second-order valence-electron chi connectivity index (χ2n) is 8.70. The minimum Gasteiger partial charge on any atom is -0.469 e. The fourth-order valence-corrected chi connectivity index (χ4v) is 4.07. The summed E-state index contributed by atoms with van der Waals surface area (Å²) in [5.41, 5.74) is 6.02. The highest BCUT2D eigenvalue weighted by molar-refractivity contribution is 6.09. The number of carbonyl (C=O) groups is 2. The Morgan fingerprint density at radius 2 is 1.74 bits per heavy atom. The molecule has 1 saturated heterocycles. The fraction of sp³-hybridized carbons (Fsp3) is 0.481. The van der Waals surface area contributed by atoms with E-state index in [2.05, 4.69) is 33.6 Å². The van der Waals surface area contributed by atoms with E-state index < -0.39 is 0 Å². The standard InChI is InChI=1S/C27H39N5O3/c1-8-28-27-24(10-9-11-25(27)23(6)33)21(4)29-12-13-31-14-16-32(17-15-31)22(5)20(3)30-19(2)18-26(34)35-7/h8-11,28H,1,12-18H2,2-7H3/b22-20+,29-21?,30-19?. The Morgan fingerprint density at radius 1 is 1.09 bits per heavy atom. The topological polar surface area (TPSA) is 86.6 Å². The first kappa shape index (κ1) is 28.0. The number of aliphatic imine (C=N–C) groups is 2. The molecule has 2 rings (SSSR count). The molecule has 1 aliphatic heterocycles. The number of allylic oxidation sites excluding steroid dienone is 2. The quantitative estimate of drug-likeness (QED) is 0.290. The number of nitrogens with zero attached hydrogens (tertiary/aromatic N) is 4. The SMILES string of the molecule is C=CNc1c(C(C)=O)cccc1C(C)=NCCN1CCN(/C(C)=C(\C)N=C(C)CC(=O)OC)CC1.